The molecule has 0 spiro atoms. The van der Waals surface area contributed by atoms with Crippen molar-refractivity contribution in [3.63, 3.8) is 0 Å². The Bertz CT molecular complexity index is 281. The minimum atomic E-state index is 0.185. The smallest absolute Gasteiger partial charge is 0.0950 e. The minimum absolute atomic E-state index is 0.185. The molecule has 1 rings (SSSR count). The molecule has 0 amide bonds. The van der Waals surface area contributed by atoms with Crippen LogP contribution in [0, 0.1) is 5.41 Å². The molecule has 0 aromatic carbocycles. The van der Waals surface area contributed by atoms with E-state index in [9.17, 15) is 0 Å². The Hall–Kier alpha value is -1.38. The van der Waals surface area contributed by atoms with E-state index in [0.717, 1.165) is 12.0 Å². The van der Waals surface area contributed by atoms with E-state index in [1.54, 1.807) is 6.20 Å². The number of nitrogens with two attached hydrogens (primary N) is 1. The summed E-state index contributed by atoms with van der Waals surface area (Å²) in [6.45, 7) is 2.08. The summed E-state index contributed by atoms with van der Waals surface area (Å²) >= 11 is 0. The number of aromatic nitrogens is 1. The largest absolute Gasteiger partial charge is 0.387 e. The summed E-state index contributed by atoms with van der Waals surface area (Å²) in [5.41, 5.74) is 7.48. The molecule has 0 aliphatic heterocycles. The number of nitrogens with zero attached hydrogens (tertiary/aromatic N) is 1. The van der Waals surface area contributed by atoms with Gasteiger partial charge in [0.2, 0.25) is 0 Å². The second-order valence-electron chi connectivity index (χ2n) is 2.76. The highest BCUT2D eigenvalue weighted by molar-refractivity contribution is 5.79. The Kier molecular flexibility index (Phi) is 2.80. The molecule has 12 heavy (non-hydrogen) atoms. The predicted octanol–water partition coefficient (Wildman–Crippen LogP) is 1.12. The Labute approximate surface area is 72.1 Å². The molecule has 3 nitrogen and oxygen atoms in total. The van der Waals surface area contributed by atoms with Crippen LogP contribution in [0.4, 0.5) is 0 Å². The van der Waals surface area contributed by atoms with E-state index in [2.05, 4.69) is 11.9 Å². The Morgan fingerprint density at radius 2 is 2.17 bits per heavy atom. The van der Waals surface area contributed by atoms with Gasteiger partial charge >= 0.3 is 0 Å². The molecule has 0 atom stereocenters. The maximum absolute atomic E-state index is 7.11. The van der Waals surface area contributed by atoms with Crippen molar-refractivity contribution >= 4 is 5.84 Å². The van der Waals surface area contributed by atoms with Crippen LogP contribution >= 0.6 is 0 Å². The third-order valence-corrected chi connectivity index (χ3v) is 1.65. The van der Waals surface area contributed by atoms with Crippen molar-refractivity contribution in [1.29, 1.82) is 5.41 Å². The number of hydrogen-bond donors (Lipinski definition) is 2. The van der Waals surface area contributed by atoms with Crippen molar-refractivity contribution in [2.75, 3.05) is 0 Å². The predicted molar refractivity (Wildman–Crippen MR) is 49.2 cm³/mol. The zero-order chi connectivity index (χ0) is 8.97. The zero-order valence-electron chi connectivity index (χ0n) is 7.17. The van der Waals surface area contributed by atoms with Crippen LogP contribution in [0.3, 0.4) is 0 Å². The molecular weight excluding hydrogens is 150 g/mol. The van der Waals surface area contributed by atoms with Gasteiger partial charge in [-0.3, -0.25) is 10.4 Å². The van der Waals surface area contributed by atoms with Crippen LogP contribution in [0.2, 0.25) is 0 Å². The fraction of sp³-hybridized carbons (Fsp3) is 0.333. The third kappa shape index (κ3) is 2.34. The van der Waals surface area contributed by atoms with Crippen LogP contribution in [-0.4, -0.2) is 10.8 Å². The SMILES string of the molecule is CCc1cncc(CC(=N)N)c1. The number of amidine groups is 1. The first-order valence-corrected chi connectivity index (χ1v) is 3.98. The van der Waals surface area contributed by atoms with E-state index in [1.807, 2.05) is 12.3 Å². The van der Waals surface area contributed by atoms with Crippen molar-refractivity contribution in [1.82, 2.24) is 4.98 Å². The first-order chi connectivity index (χ1) is 5.72. The monoisotopic (exact) mass is 163 g/mol. The molecule has 0 radical (unpaired) electrons. The molecule has 0 bridgehead atoms. The maximum atomic E-state index is 7.11. The molecule has 1 heterocycles. The molecular formula is C9H13N3. The van der Waals surface area contributed by atoms with E-state index in [1.165, 1.54) is 5.56 Å². The molecule has 0 aliphatic rings. The number of aryl methyl sites for hydroxylation is 1. The average molecular weight is 163 g/mol. The Morgan fingerprint density at radius 3 is 2.75 bits per heavy atom. The fourth-order valence-corrected chi connectivity index (χ4v) is 1.05. The third-order valence-electron chi connectivity index (χ3n) is 1.65. The van der Waals surface area contributed by atoms with Gasteiger partial charge < -0.3 is 5.73 Å². The van der Waals surface area contributed by atoms with E-state index < -0.39 is 0 Å². The lowest BCUT2D eigenvalue weighted by atomic mass is 10.1. The first kappa shape index (κ1) is 8.71. The lowest BCUT2D eigenvalue weighted by Gasteiger charge is -2.00. The zero-order valence-corrected chi connectivity index (χ0v) is 7.17. The standard InChI is InChI=1S/C9H13N3/c1-2-7-3-8(4-9(10)11)6-12-5-7/h3,5-6H,2,4H2,1H3,(H3,10,11). The van der Waals surface area contributed by atoms with E-state index in [4.69, 9.17) is 11.1 Å². The molecule has 3 heteroatoms. The number of pyridine rings is 1. The van der Waals surface area contributed by atoms with E-state index in [-0.39, 0.29) is 5.84 Å². The highest BCUT2D eigenvalue weighted by Crippen LogP contribution is 2.03. The number of hydrogen-bond acceptors (Lipinski definition) is 2. The Morgan fingerprint density at radius 1 is 1.50 bits per heavy atom. The summed E-state index contributed by atoms with van der Waals surface area (Å²) in [7, 11) is 0. The molecule has 0 saturated heterocycles. The van der Waals surface area contributed by atoms with Gasteiger partial charge in [-0.15, -0.1) is 0 Å². The molecule has 0 fully saturated rings. The molecule has 1 aromatic heterocycles. The van der Waals surface area contributed by atoms with E-state index in [0.29, 0.717) is 6.42 Å². The van der Waals surface area contributed by atoms with Gasteiger partial charge in [0.25, 0.3) is 0 Å². The number of rotatable bonds is 3. The second-order valence-corrected chi connectivity index (χ2v) is 2.76. The van der Waals surface area contributed by atoms with Crippen LogP contribution in [0.1, 0.15) is 18.1 Å². The highest BCUT2D eigenvalue weighted by Gasteiger charge is 1.96. The van der Waals surface area contributed by atoms with E-state index >= 15 is 0 Å². The van der Waals surface area contributed by atoms with Crippen molar-refractivity contribution in [2.24, 2.45) is 5.73 Å². The van der Waals surface area contributed by atoms with Crippen molar-refractivity contribution < 1.29 is 0 Å². The molecule has 3 N–H and O–H groups in total. The second kappa shape index (κ2) is 3.85. The molecule has 0 aliphatic carbocycles. The lowest BCUT2D eigenvalue weighted by molar-refractivity contribution is 1.07. The summed E-state index contributed by atoms with van der Waals surface area (Å²) in [6, 6.07) is 2.04. The highest BCUT2D eigenvalue weighted by atomic mass is 14.7. The first-order valence-electron chi connectivity index (χ1n) is 3.98. The van der Waals surface area contributed by atoms with Gasteiger partial charge in [-0.05, 0) is 17.5 Å². The summed E-state index contributed by atoms with van der Waals surface area (Å²) in [6.07, 6.45) is 5.06. The van der Waals surface area contributed by atoms with Crippen molar-refractivity contribution in [3.8, 4) is 0 Å². The number of nitrogens with one attached hydrogen (secondary N) is 1. The van der Waals surface area contributed by atoms with Crippen molar-refractivity contribution in [2.45, 2.75) is 19.8 Å². The summed E-state index contributed by atoms with van der Waals surface area (Å²) in [5, 5.41) is 7.11. The van der Waals surface area contributed by atoms with Gasteiger partial charge in [-0.2, -0.15) is 0 Å². The van der Waals surface area contributed by atoms with Crippen LogP contribution < -0.4 is 5.73 Å². The van der Waals surface area contributed by atoms with Gasteiger partial charge in [0, 0.05) is 18.8 Å². The topological polar surface area (TPSA) is 62.8 Å². The summed E-state index contributed by atoms with van der Waals surface area (Å²) in [5.74, 6) is 0.185. The molecule has 1 aromatic rings. The fourth-order valence-electron chi connectivity index (χ4n) is 1.05. The normalized spacial score (nSPS) is 9.75. The van der Waals surface area contributed by atoms with Gasteiger partial charge in [0.05, 0.1) is 5.84 Å². The minimum Gasteiger partial charge on any atom is -0.387 e. The van der Waals surface area contributed by atoms with Crippen LogP contribution in [-0.2, 0) is 12.8 Å². The Balaban J connectivity index is 2.79. The average Bonchev–Trinajstić information content (AvgIpc) is 2.03. The quantitative estimate of drug-likeness (QED) is 0.518. The molecule has 0 saturated carbocycles. The van der Waals surface area contributed by atoms with Crippen LogP contribution in [0.25, 0.3) is 0 Å². The van der Waals surface area contributed by atoms with Gasteiger partial charge in [0.1, 0.15) is 0 Å². The van der Waals surface area contributed by atoms with Gasteiger partial charge in [0.15, 0.2) is 0 Å². The van der Waals surface area contributed by atoms with Crippen LogP contribution in [0.15, 0.2) is 18.5 Å². The summed E-state index contributed by atoms with van der Waals surface area (Å²) in [4.78, 5) is 4.06. The van der Waals surface area contributed by atoms with Crippen LogP contribution in [0.5, 0.6) is 0 Å². The van der Waals surface area contributed by atoms with Gasteiger partial charge in [-0.1, -0.05) is 13.0 Å². The maximum Gasteiger partial charge on any atom is 0.0950 e. The lowest BCUT2D eigenvalue weighted by Crippen LogP contribution is -2.12. The van der Waals surface area contributed by atoms with Gasteiger partial charge in [-0.25, -0.2) is 0 Å². The van der Waals surface area contributed by atoms with Crippen molar-refractivity contribution in [3.05, 3.63) is 29.6 Å². The molecule has 64 valence electrons. The summed E-state index contributed by atoms with van der Waals surface area (Å²) < 4.78 is 0. The molecule has 0 unspecified atom stereocenters.